The van der Waals surface area contributed by atoms with E-state index in [9.17, 15) is 8.78 Å². The molecule has 2 rings (SSSR count). The first-order valence-corrected chi connectivity index (χ1v) is 8.25. The molecule has 2 atom stereocenters. The van der Waals surface area contributed by atoms with Crippen LogP contribution in [0.25, 0.3) is 0 Å². The molecule has 0 aliphatic carbocycles. The molecule has 0 radical (unpaired) electrons. The first kappa shape index (κ1) is 14.2. The van der Waals surface area contributed by atoms with Crippen molar-refractivity contribution in [2.75, 3.05) is 23.8 Å². The predicted octanol–water partition coefficient (Wildman–Crippen LogP) is 3.46. The van der Waals surface area contributed by atoms with Gasteiger partial charge >= 0.3 is 0 Å². The van der Waals surface area contributed by atoms with Gasteiger partial charge in [0.1, 0.15) is 11.6 Å². The normalized spacial score (nSPS) is 21.8. The van der Waals surface area contributed by atoms with Crippen molar-refractivity contribution in [3.8, 4) is 0 Å². The average Bonchev–Trinajstić information content (AvgIpc) is 2.40. The highest BCUT2D eigenvalue weighted by atomic mass is 32.2. The Labute approximate surface area is 115 Å². The molecule has 1 aromatic rings. The third kappa shape index (κ3) is 3.87. The summed E-state index contributed by atoms with van der Waals surface area (Å²) in [6.07, 6.45) is 0. The summed E-state index contributed by atoms with van der Waals surface area (Å²) in [5.74, 6) is 2.80. The summed E-state index contributed by atoms with van der Waals surface area (Å²) >= 11 is 3.92. The molecule has 2 unspecified atom stereocenters. The Kier molecular flexibility index (Phi) is 5.33. The minimum absolute atomic E-state index is 0.159. The van der Waals surface area contributed by atoms with Crippen LogP contribution in [-0.4, -0.2) is 29.1 Å². The molecule has 1 saturated heterocycles. The molecule has 1 aliphatic rings. The fraction of sp³-hybridized carbons (Fsp3) is 0.538. The zero-order chi connectivity index (χ0) is 13.0. The van der Waals surface area contributed by atoms with E-state index < -0.39 is 0 Å². The number of hydrogen-bond donors (Lipinski definition) is 1. The van der Waals surface area contributed by atoms with E-state index in [2.05, 4.69) is 5.32 Å². The van der Waals surface area contributed by atoms with Gasteiger partial charge < -0.3 is 5.32 Å². The van der Waals surface area contributed by atoms with Crippen LogP contribution in [0.1, 0.15) is 18.5 Å². The van der Waals surface area contributed by atoms with Gasteiger partial charge in [-0.25, -0.2) is 8.78 Å². The summed E-state index contributed by atoms with van der Waals surface area (Å²) in [5, 5.41) is 3.87. The van der Waals surface area contributed by atoms with Crippen molar-refractivity contribution in [2.45, 2.75) is 18.2 Å². The van der Waals surface area contributed by atoms with Crippen molar-refractivity contribution < 1.29 is 8.78 Å². The van der Waals surface area contributed by atoms with Crippen LogP contribution in [0.5, 0.6) is 0 Å². The molecule has 0 bridgehead atoms. The Morgan fingerprint density at radius 1 is 1.39 bits per heavy atom. The maximum atomic E-state index is 13.6. The lowest BCUT2D eigenvalue weighted by Gasteiger charge is -2.23. The molecule has 1 aromatic carbocycles. The largest absolute Gasteiger partial charge is 0.309 e. The zero-order valence-corrected chi connectivity index (χ0v) is 11.9. The maximum absolute atomic E-state index is 13.6. The summed E-state index contributed by atoms with van der Waals surface area (Å²) in [5.41, 5.74) is 0.406. The van der Waals surface area contributed by atoms with Gasteiger partial charge in [-0.1, -0.05) is 0 Å². The highest BCUT2D eigenvalue weighted by molar-refractivity contribution is 8.06. The second kappa shape index (κ2) is 6.78. The minimum Gasteiger partial charge on any atom is -0.309 e. The van der Waals surface area contributed by atoms with Gasteiger partial charge in [0.2, 0.25) is 0 Å². The maximum Gasteiger partial charge on any atom is 0.128 e. The second-order valence-electron chi connectivity index (χ2n) is 4.36. The molecule has 1 aliphatic heterocycles. The third-order valence-corrected chi connectivity index (χ3v) is 5.81. The van der Waals surface area contributed by atoms with Gasteiger partial charge in [-0.3, -0.25) is 0 Å². The average molecular weight is 289 g/mol. The van der Waals surface area contributed by atoms with E-state index in [1.165, 1.54) is 23.6 Å². The van der Waals surface area contributed by atoms with Crippen LogP contribution in [-0.2, 0) is 0 Å². The molecule has 1 nitrogen and oxygen atoms in total. The number of rotatable bonds is 4. The van der Waals surface area contributed by atoms with E-state index in [0.717, 1.165) is 18.4 Å². The monoisotopic (exact) mass is 289 g/mol. The molecule has 100 valence electrons. The topological polar surface area (TPSA) is 12.0 Å². The lowest BCUT2D eigenvalue weighted by Crippen LogP contribution is -2.31. The number of benzene rings is 1. The van der Waals surface area contributed by atoms with Gasteiger partial charge in [-0.2, -0.15) is 23.5 Å². The lowest BCUT2D eigenvalue weighted by molar-refractivity contribution is 0.521. The van der Waals surface area contributed by atoms with E-state index in [-0.39, 0.29) is 17.7 Å². The van der Waals surface area contributed by atoms with Crippen molar-refractivity contribution in [3.05, 3.63) is 35.4 Å². The zero-order valence-electron chi connectivity index (χ0n) is 10.3. The lowest BCUT2D eigenvalue weighted by atomic mass is 10.1. The first-order chi connectivity index (χ1) is 8.66. The number of halogens is 2. The van der Waals surface area contributed by atoms with Crippen LogP contribution < -0.4 is 5.32 Å². The molecular formula is C13H17F2NS2. The van der Waals surface area contributed by atoms with Gasteiger partial charge in [0, 0.05) is 40.7 Å². The Morgan fingerprint density at radius 3 is 2.94 bits per heavy atom. The molecule has 0 spiro atoms. The van der Waals surface area contributed by atoms with Gasteiger partial charge in [0.15, 0.2) is 0 Å². The van der Waals surface area contributed by atoms with Gasteiger partial charge in [-0.15, -0.1) is 0 Å². The summed E-state index contributed by atoms with van der Waals surface area (Å²) in [4.78, 5) is 0. The molecule has 5 heteroatoms. The highest BCUT2D eigenvalue weighted by Gasteiger charge is 2.17. The third-order valence-electron chi connectivity index (χ3n) is 2.96. The molecule has 0 aromatic heterocycles. The summed E-state index contributed by atoms with van der Waals surface area (Å²) in [6.45, 7) is 2.72. The minimum atomic E-state index is -0.386. The van der Waals surface area contributed by atoms with E-state index in [1.807, 2.05) is 30.4 Å². The standard InChI is InChI=1S/C13H17F2NS2/c1-9(12-6-10(14)2-3-13(12)15)16-7-11-8-17-4-5-18-11/h2-3,6,9,11,16H,4-5,7-8H2,1H3. The SMILES string of the molecule is CC(NCC1CSCCS1)c1cc(F)ccc1F. The Balaban J connectivity index is 1.90. The fourth-order valence-corrected chi connectivity index (χ4v) is 4.54. The van der Waals surface area contributed by atoms with Crippen molar-refractivity contribution in [2.24, 2.45) is 0 Å². The van der Waals surface area contributed by atoms with Crippen molar-refractivity contribution in [3.63, 3.8) is 0 Å². The van der Waals surface area contributed by atoms with Gasteiger partial charge in [0.25, 0.3) is 0 Å². The van der Waals surface area contributed by atoms with E-state index in [1.54, 1.807) is 0 Å². The number of nitrogens with one attached hydrogen (secondary N) is 1. The van der Waals surface area contributed by atoms with Gasteiger partial charge in [0.05, 0.1) is 0 Å². The molecule has 0 amide bonds. The fourth-order valence-electron chi connectivity index (χ4n) is 1.92. The van der Waals surface area contributed by atoms with Crippen molar-refractivity contribution in [1.29, 1.82) is 0 Å². The summed E-state index contributed by atoms with van der Waals surface area (Å²) < 4.78 is 26.7. The number of hydrogen-bond acceptors (Lipinski definition) is 3. The summed E-state index contributed by atoms with van der Waals surface area (Å²) in [7, 11) is 0. The van der Waals surface area contributed by atoms with Crippen molar-refractivity contribution >= 4 is 23.5 Å². The Hall–Kier alpha value is -0.260. The molecule has 1 heterocycles. The molecule has 1 N–H and O–H groups in total. The van der Waals surface area contributed by atoms with Crippen molar-refractivity contribution in [1.82, 2.24) is 5.32 Å². The van der Waals surface area contributed by atoms with Crippen LogP contribution in [0.15, 0.2) is 18.2 Å². The molecule has 18 heavy (non-hydrogen) atoms. The Bertz CT molecular complexity index is 395. The summed E-state index contributed by atoms with van der Waals surface area (Å²) in [6, 6.07) is 3.46. The van der Waals surface area contributed by atoms with E-state index >= 15 is 0 Å². The predicted molar refractivity (Wildman–Crippen MR) is 76.3 cm³/mol. The number of thioether (sulfide) groups is 2. The Morgan fingerprint density at radius 2 is 2.22 bits per heavy atom. The smallest absolute Gasteiger partial charge is 0.128 e. The van der Waals surface area contributed by atoms with E-state index in [4.69, 9.17) is 0 Å². The highest BCUT2D eigenvalue weighted by Crippen LogP contribution is 2.24. The van der Waals surface area contributed by atoms with Crippen LogP contribution in [0.4, 0.5) is 8.78 Å². The van der Waals surface area contributed by atoms with Crippen LogP contribution in [0.2, 0.25) is 0 Å². The van der Waals surface area contributed by atoms with Crippen LogP contribution >= 0.6 is 23.5 Å². The first-order valence-electron chi connectivity index (χ1n) is 6.04. The quantitative estimate of drug-likeness (QED) is 0.911. The second-order valence-corrected chi connectivity index (χ2v) is 6.92. The molecule has 0 saturated carbocycles. The molecular weight excluding hydrogens is 272 g/mol. The van der Waals surface area contributed by atoms with Gasteiger partial charge in [-0.05, 0) is 25.1 Å². The van der Waals surface area contributed by atoms with Crippen LogP contribution in [0, 0.1) is 11.6 Å². The van der Waals surface area contributed by atoms with Crippen LogP contribution in [0.3, 0.4) is 0 Å². The molecule has 1 fully saturated rings. The van der Waals surface area contributed by atoms with E-state index in [0.29, 0.717) is 10.8 Å².